The van der Waals surface area contributed by atoms with Crippen molar-refractivity contribution in [3.63, 3.8) is 0 Å². The summed E-state index contributed by atoms with van der Waals surface area (Å²) in [6, 6.07) is 8.97. The number of rotatable bonds is 5. The highest BCUT2D eigenvalue weighted by atomic mass is 35.5. The lowest BCUT2D eigenvalue weighted by Crippen LogP contribution is -2.37. The van der Waals surface area contributed by atoms with E-state index in [0.717, 1.165) is 0 Å². The number of benzene rings is 1. The van der Waals surface area contributed by atoms with Crippen LogP contribution in [-0.4, -0.2) is 27.8 Å². The Morgan fingerprint density at radius 3 is 2.71 bits per heavy atom. The van der Waals surface area contributed by atoms with Gasteiger partial charge < -0.3 is 9.73 Å². The van der Waals surface area contributed by atoms with Gasteiger partial charge in [-0.05, 0) is 43.3 Å². The fourth-order valence-electron chi connectivity index (χ4n) is 2.28. The average Bonchev–Trinajstić information content (AvgIpc) is 3.30. The molecule has 0 aliphatic rings. The van der Waals surface area contributed by atoms with Gasteiger partial charge in [-0.3, -0.25) is 9.59 Å². The van der Waals surface area contributed by atoms with Crippen molar-refractivity contribution in [2.75, 3.05) is 0 Å². The topological polar surface area (TPSA) is 102 Å². The van der Waals surface area contributed by atoms with Gasteiger partial charge in [0.1, 0.15) is 16.7 Å². The highest BCUT2D eigenvalue weighted by Crippen LogP contribution is 2.22. The monoisotopic (exact) mass is 403 g/mol. The van der Waals surface area contributed by atoms with Gasteiger partial charge in [0.05, 0.1) is 36.0 Å². The molecule has 0 saturated heterocycles. The molecule has 10 heteroatoms. The number of hydrogen-bond donors (Lipinski definition) is 2. The zero-order valence-electron chi connectivity index (χ0n) is 14.6. The van der Waals surface area contributed by atoms with Crippen LogP contribution in [0.25, 0.3) is 5.69 Å². The lowest BCUT2D eigenvalue weighted by Gasteiger charge is -2.02. The van der Waals surface area contributed by atoms with Crippen LogP contribution in [0.15, 0.2) is 52.2 Å². The number of furan rings is 1. The van der Waals surface area contributed by atoms with E-state index in [1.165, 1.54) is 41.4 Å². The number of amides is 2. The van der Waals surface area contributed by atoms with Crippen LogP contribution < -0.4 is 10.7 Å². The molecule has 0 atom stereocenters. The summed E-state index contributed by atoms with van der Waals surface area (Å²) in [5.74, 6) is -1.67. The van der Waals surface area contributed by atoms with E-state index in [-0.39, 0.29) is 17.5 Å². The highest BCUT2D eigenvalue weighted by Gasteiger charge is 2.15. The Hall–Kier alpha value is -3.46. The summed E-state index contributed by atoms with van der Waals surface area (Å²) in [4.78, 5) is 23.5. The van der Waals surface area contributed by atoms with Crippen molar-refractivity contribution < 1.29 is 18.4 Å². The van der Waals surface area contributed by atoms with E-state index >= 15 is 0 Å². The Kier molecular flexibility index (Phi) is 5.85. The van der Waals surface area contributed by atoms with Crippen LogP contribution in [0.3, 0.4) is 0 Å². The highest BCUT2D eigenvalue weighted by molar-refractivity contribution is 6.35. The number of hydrazone groups is 1. The lowest BCUT2D eigenvalue weighted by molar-refractivity contribution is -0.139. The number of carbonyl (C=O) groups is 2. The van der Waals surface area contributed by atoms with Crippen LogP contribution in [0.2, 0.25) is 5.15 Å². The number of carbonyl (C=O) groups excluding carboxylic acids is 2. The van der Waals surface area contributed by atoms with Gasteiger partial charge in [-0.15, -0.1) is 0 Å². The smallest absolute Gasteiger partial charge is 0.329 e. The minimum Gasteiger partial charge on any atom is -0.467 e. The molecule has 0 aliphatic heterocycles. The number of nitrogens with one attached hydrogen (secondary N) is 2. The van der Waals surface area contributed by atoms with Crippen molar-refractivity contribution in [1.82, 2.24) is 20.5 Å². The van der Waals surface area contributed by atoms with Crippen LogP contribution in [0, 0.1) is 12.7 Å². The van der Waals surface area contributed by atoms with E-state index in [4.69, 9.17) is 16.0 Å². The van der Waals surface area contributed by atoms with Crippen molar-refractivity contribution in [1.29, 1.82) is 0 Å². The molecule has 144 valence electrons. The van der Waals surface area contributed by atoms with Crippen molar-refractivity contribution in [3.05, 3.63) is 70.6 Å². The molecule has 3 aromatic rings. The van der Waals surface area contributed by atoms with Gasteiger partial charge in [0, 0.05) is 0 Å². The maximum absolute atomic E-state index is 13.1. The number of aromatic nitrogens is 2. The second-order valence-electron chi connectivity index (χ2n) is 5.64. The van der Waals surface area contributed by atoms with Gasteiger partial charge in [-0.25, -0.2) is 14.5 Å². The minimum absolute atomic E-state index is 0.0817. The predicted molar refractivity (Wildman–Crippen MR) is 99.6 cm³/mol. The van der Waals surface area contributed by atoms with Crippen molar-refractivity contribution in [2.24, 2.45) is 5.10 Å². The zero-order valence-corrected chi connectivity index (χ0v) is 15.4. The molecule has 0 aliphatic carbocycles. The van der Waals surface area contributed by atoms with Gasteiger partial charge in [0.25, 0.3) is 0 Å². The molecule has 0 unspecified atom stereocenters. The third-order valence-electron chi connectivity index (χ3n) is 3.69. The van der Waals surface area contributed by atoms with Crippen molar-refractivity contribution >= 4 is 29.6 Å². The normalized spacial score (nSPS) is 11.0. The summed E-state index contributed by atoms with van der Waals surface area (Å²) in [6.45, 7) is 1.78. The van der Waals surface area contributed by atoms with Gasteiger partial charge in [0.15, 0.2) is 0 Å². The van der Waals surface area contributed by atoms with E-state index in [0.29, 0.717) is 22.7 Å². The van der Waals surface area contributed by atoms with E-state index in [2.05, 4.69) is 20.9 Å². The van der Waals surface area contributed by atoms with Gasteiger partial charge >= 0.3 is 11.8 Å². The van der Waals surface area contributed by atoms with E-state index < -0.39 is 11.8 Å². The summed E-state index contributed by atoms with van der Waals surface area (Å²) in [6.07, 6.45) is 2.74. The minimum atomic E-state index is -0.942. The second-order valence-corrected chi connectivity index (χ2v) is 6.00. The molecule has 0 radical (unpaired) electrons. The zero-order chi connectivity index (χ0) is 20.1. The Bertz CT molecular complexity index is 1010. The van der Waals surface area contributed by atoms with E-state index in [1.807, 2.05) is 0 Å². The molecule has 0 spiro atoms. The molecule has 2 amide bonds. The maximum atomic E-state index is 13.1. The molecule has 0 fully saturated rings. The maximum Gasteiger partial charge on any atom is 0.329 e. The molecule has 2 aromatic heterocycles. The third-order valence-corrected chi connectivity index (χ3v) is 4.05. The standard InChI is InChI=1S/C18H15ClFN5O3/c1-11-15(16(19)25(24-11)13-6-4-12(20)5-7-13)10-22-23-18(27)17(26)21-9-14-3-2-8-28-14/h2-8,10H,9H2,1H3,(H,21,26)(H,23,27)/b22-10-. The lowest BCUT2D eigenvalue weighted by atomic mass is 10.3. The molecule has 8 nitrogen and oxygen atoms in total. The van der Waals surface area contributed by atoms with Gasteiger partial charge in [-0.2, -0.15) is 10.2 Å². The first-order valence-electron chi connectivity index (χ1n) is 8.10. The fourth-order valence-corrected chi connectivity index (χ4v) is 2.60. The molecule has 2 N–H and O–H groups in total. The fraction of sp³-hybridized carbons (Fsp3) is 0.111. The Morgan fingerprint density at radius 2 is 2.04 bits per heavy atom. The van der Waals surface area contributed by atoms with Crippen LogP contribution in [0.5, 0.6) is 0 Å². The number of aryl methyl sites for hydroxylation is 1. The molecule has 1 aromatic carbocycles. The quantitative estimate of drug-likeness (QED) is 0.388. The first-order valence-corrected chi connectivity index (χ1v) is 8.48. The third kappa shape index (κ3) is 4.44. The molecule has 0 bridgehead atoms. The molecular weight excluding hydrogens is 389 g/mol. The van der Waals surface area contributed by atoms with Crippen LogP contribution in [0.1, 0.15) is 17.0 Å². The van der Waals surface area contributed by atoms with Gasteiger partial charge in [0.2, 0.25) is 0 Å². The molecule has 0 saturated carbocycles. The summed E-state index contributed by atoms with van der Waals surface area (Å²) < 4.78 is 19.5. The van der Waals surface area contributed by atoms with Crippen LogP contribution >= 0.6 is 11.6 Å². The average molecular weight is 404 g/mol. The van der Waals surface area contributed by atoms with E-state index in [9.17, 15) is 14.0 Å². The van der Waals surface area contributed by atoms with E-state index in [1.54, 1.807) is 19.1 Å². The summed E-state index contributed by atoms with van der Waals surface area (Å²) >= 11 is 6.30. The predicted octanol–water partition coefficient (Wildman–Crippen LogP) is 2.33. The molecule has 2 heterocycles. The van der Waals surface area contributed by atoms with Crippen LogP contribution in [-0.2, 0) is 16.1 Å². The molecular formula is C18H15ClFN5O3. The second kappa shape index (κ2) is 8.49. The van der Waals surface area contributed by atoms with Crippen molar-refractivity contribution in [3.8, 4) is 5.69 Å². The number of halogens is 2. The first-order chi connectivity index (χ1) is 13.5. The number of nitrogens with zero attached hydrogens (tertiary/aromatic N) is 3. The summed E-state index contributed by atoms with van der Waals surface area (Å²) in [5, 5.41) is 10.6. The summed E-state index contributed by atoms with van der Waals surface area (Å²) in [7, 11) is 0. The summed E-state index contributed by atoms with van der Waals surface area (Å²) in [5.41, 5.74) is 3.66. The Morgan fingerprint density at radius 1 is 1.29 bits per heavy atom. The Labute approximate surface area is 164 Å². The van der Waals surface area contributed by atoms with Crippen molar-refractivity contribution in [2.45, 2.75) is 13.5 Å². The molecule has 28 heavy (non-hydrogen) atoms. The molecule has 3 rings (SSSR count). The SMILES string of the molecule is Cc1nn(-c2ccc(F)cc2)c(Cl)c1/C=N\NC(=O)C(=O)NCc1ccco1. The first kappa shape index (κ1) is 19.3. The van der Waals surface area contributed by atoms with Gasteiger partial charge in [-0.1, -0.05) is 11.6 Å². The largest absolute Gasteiger partial charge is 0.467 e. The number of hydrogen-bond acceptors (Lipinski definition) is 5. The Balaban J connectivity index is 1.63. The van der Waals surface area contributed by atoms with Crippen LogP contribution in [0.4, 0.5) is 4.39 Å².